The molecule has 25 heteroatoms. The van der Waals surface area contributed by atoms with Crippen LogP contribution in [0.4, 0.5) is 0 Å². The summed E-state index contributed by atoms with van der Waals surface area (Å²) in [5.41, 5.74) is 5.66. The first-order valence-electron chi connectivity index (χ1n) is 16.9. The maximum atomic E-state index is 13.5. The van der Waals surface area contributed by atoms with Gasteiger partial charge in [-0.3, -0.25) is 57.5 Å². The number of carbonyl (C=O) groups is 12. The molecule has 56 heavy (non-hydrogen) atoms. The minimum Gasteiger partial charge on any atom is -0.481 e. The summed E-state index contributed by atoms with van der Waals surface area (Å²) in [5, 5.41) is 67.6. The van der Waals surface area contributed by atoms with Crippen molar-refractivity contribution in [1.82, 2.24) is 31.9 Å². The van der Waals surface area contributed by atoms with E-state index in [1.807, 2.05) is 0 Å². The second-order valence-corrected chi connectivity index (χ2v) is 12.1. The van der Waals surface area contributed by atoms with Gasteiger partial charge in [0.15, 0.2) is 0 Å². The highest BCUT2D eigenvalue weighted by molar-refractivity contribution is 5.97. The molecule has 314 valence electrons. The van der Waals surface area contributed by atoms with Crippen LogP contribution < -0.4 is 37.6 Å². The number of amides is 6. The lowest BCUT2D eigenvalue weighted by Crippen LogP contribution is -2.59. The molecule has 0 fully saturated rings. The zero-order chi connectivity index (χ0) is 43.1. The lowest BCUT2D eigenvalue weighted by atomic mass is 10.0. The molecule has 0 radical (unpaired) electrons. The number of nitrogens with two attached hydrogens (primary N) is 1. The quantitative estimate of drug-likeness (QED) is 0.0340. The first kappa shape index (κ1) is 49.6. The van der Waals surface area contributed by atoms with Crippen molar-refractivity contribution in [3.05, 3.63) is 0 Å². The molecule has 0 saturated heterocycles. The second-order valence-electron chi connectivity index (χ2n) is 12.1. The summed E-state index contributed by atoms with van der Waals surface area (Å²) in [6.07, 6.45) is -7.54. The van der Waals surface area contributed by atoms with E-state index in [4.69, 9.17) is 21.1 Å². The maximum absolute atomic E-state index is 13.5. The summed E-state index contributed by atoms with van der Waals surface area (Å²) in [6.45, 7) is 0. The number of hydrogen-bond donors (Lipinski definition) is 13. The third-order valence-corrected chi connectivity index (χ3v) is 7.65. The van der Waals surface area contributed by atoms with Gasteiger partial charge in [-0.1, -0.05) is 0 Å². The molecule has 0 aromatic heterocycles. The van der Waals surface area contributed by atoms with E-state index in [0.29, 0.717) is 0 Å². The molecule has 0 heterocycles. The highest BCUT2D eigenvalue weighted by atomic mass is 16.4. The van der Waals surface area contributed by atoms with Crippen molar-refractivity contribution in [1.29, 1.82) is 0 Å². The van der Waals surface area contributed by atoms with Gasteiger partial charge < -0.3 is 68.3 Å². The molecule has 0 aliphatic rings. The number of carboxylic acids is 6. The van der Waals surface area contributed by atoms with E-state index in [-0.39, 0.29) is 6.42 Å². The van der Waals surface area contributed by atoms with Crippen molar-refractivity contribution in [2.75, 3.05) is 7.05 Å². The molecule has 14 N–H and O–H groups in total. The molecule has 0 rings (SSSR count). The van der Waals surface area contributed by atoms with Crippen LogP contribution in [0.5, 0.6) is 0 Å². The molecule has 25 nitrogen and oxygen atoms in total. The number of carboxylic acid groups (broad SMARTS) is 6. The van der Waals surface area contributed by atoms with E-state index >= 15 is 0 Å². The Morgan fingerprint density at radius 1 is 0.357 bits per heavy atom. The molecular formula is C31H47N7O18. The number of rotatable bonds is 29. The molecule has 0 saturated carbocycles. The Morgan fingerprint density at radius 3 is 0.768 bits per heavy atom. The Kier molecular flexibility index (Phi) is 22.7. The van der Waals surface area contributed by atoms with Crippen LogP contribution in [0, 0.1) is 0 Å². The van der Waals surface area contributed by atoms with Gasteiger partial charge in [0, 0.05) is 45.6 Å². The first-order chi connectivity index (χ1) is 26.1. The van der Waals surface area contributed by atoms with Crippen molar-refractivity contribution in [2.45, 2.75) is 113 Å². The molecule has 6 amide bonds. The van der Waals surface area contributed by atoms with Crippen LogP contribution >= 0.6 is 0 Å². The van der Waals surface area contributed by atoms with Gasteiger partial charge in [-0.25, -0.2) is 0 Å². The Labute approximate surface area is 317 Å². The molecule has 0 aliphatic heterocycles. The standard InChI is InChI=1S/C31H47N7O18/c1-33-27(52)15(3-9-21(41)42)35-29(54)17(5-11-23(45)46)37-31(56)19(7-13-25(49)50)38-30(55)18(6-12-24(47)48)36-28(53)16(4-10-22(43)44)34-26(51)14(32)2-8-20(39)40/h14-19H,2-13,32H2,1H3,(H,33,52)(H,34,51)(H,35,54)(H,36,53)(H,37,56)(H,38,55)(H,39,40)(H,41,42)(H,43,44)(H,45,46)(H,47,48)(H,49,50)/t14-,15-,16-,17-,18-,19-/m0/s1. The molecule has 6 atom stereocenters. The van der Waals surface area contributed by atoms with Crippen molar-refractivity contribution in [3.8, 4) is 0 Å². The van der Waals surface area contributed by atoms with Crippen molar-refractivity contribution < 1.29 is 88.2 Å². The highest BCUT2D eigenvalue weighted by Crippen LogP contribution is 2.09. The fourth-order valence-corrected chi connectivity index (χ4v) is 4.64. The summed E-state index contributed by atoms with van der Waals surface area (Å²) in [6, 6.07) is -10.1. The van der Waals surface area contributed by atoms with Crippen LogP contribution in [0.15, 0.2) is 0 Å². The number of nitrogens with one attached hydrogen (secondary N) is 6. The van der Waals surface area contributed by atoms with Gasteiger partial charge in [0.05, 0.1) is 6.04 Å². The Morgan fingerprint density at radius 2 is 0.554 bits per heavy atom. The van der Waals surface area contributed by atoms with Gasteiger partial charge in [0.1, 0.15) is 30.2 Å². The van der Waals surface area contributed by atoms with Gasteiger partial charge in [-0.15, -0.1) is 0 Å². The maximum Gasteiger partial charge on any atom is 0.303 e. The number of aliphatic carboxylic acids is 6. The molecule has 0 aromatic rings. The molecule has 0 aromatic carbocycles. The molecule has 0 bridgehead atoms. The average Bonchev–Trinajstić information content (AvgIpc) is 3.10. The average molecular weight is 806 g/mol. The summed E-state index contributed by atoms with van der Waals surface area (Å²) in [5.74, 6) is -15.3. The van der Waals surface area contributed by atoms with Crippen molar-refractivity contribution in [3.63, 3.8) is 0 Å². The third kappa shape index (κ3) is 21.3. The summed E-state index contributed by atoms with van der Waals surface area (Å²) < 4.78 is 0. The largest absolute Gasteiger partial charge is 0.481 e. The molecular weight excluding hydrogens is 758 g/mol. The van der Waals surface area contributed by atoms with Gasteiger partial charge in [0.25, 0.3) is 0 Å². The van der Waals surface area contributed by atoms with E-state index in [1.54, 1.807) is 0 Å². The van der Waals surface area contributed by atoms with Gasteiger partial charge in [0.2, 0.25) is 35.4 Å². The van der Waals surface area contributed by atoms with Crippen LogP contribution in [0.2, 0.25) is 0 Å². The van der Waals surface area contributed by atoms with Crippen molar-refractivity contribution in [2.24, 2.45) is 5.73 Å². The van der Waals surface area contributed by atoms with E-state index < -0.39 is 178 Å². The van der Waals surface area contributed by atoms with E-state index in [0.717, 1.165) is 0 Å². The molecule has 0 spiro atoms. The zero-order valence-electron chi connectivity index (χ0n) is 30.1. The van der Waals surface area contributed by atoms with Crippen LogP contribution in [0.25, 0.3) is 0 Å². The minimum absolute atomic E-state index is 0.379. The molecule has 0 unspecified atom stereocenters. The second kappa shape index (κ2) is 25.6. The first-order valence-corrected chi connectivity index (χ1v) is 16.9. The summed E-state index contributed by atoms with van der Waals surface area (Å²) in [4.78, 5) is 145. The normalized spacial score (nSPS) is 13.8. The summed E-state index contributed by atoms with van der Waals surface area (Å²) in [7, 11) is 1.18. The Hall–Kier alpha value is -6.40. The SMILES string of the molecule is CNC(=O)[C@H](CCC(=O)O)NC(=O)[C@H](CCC(=O)O)NC(=O)[C@H](CCC(=O)O)NC(=O)[C@H](CCC(=O)O)NC(=O)[C@H](CCC(=O)O)NC(=O)[C@@H](N)CCC(=O)O. The fraction of sp³-hybridized carbons (Fsp3) is 0.613. The van der Waals surface area contributed by atoms with E-state index in [2.05, 4.69) is 31.9 Å². The predicted octanol–water partition coefficient (Wildman–Crippen LogP) is -4.33. The lowest BCUT2D eigenvalue weighted by molar-refractivity contribution is -0.141. The van der Waals surface area contributed by atoms with Crippen LogP contribution in [0.3, 0.4) is 0 Å². The smallest absolute Gasteiger partial charge is 0.303 e. The van der Waals surface area contributed by atoms with Crippen LogP contribution in [-0.4, -0.2) is 145 Å². The fourth-order valence-electron chi connectivity index (χ4n) is 4.64. The third-order valence-electron chi connectivity index (χ3n) is 7.65. The number of carbonyl (C=O) groups excluding carboxylic acids is 6. The number of hydrogen-bond acceptors (Lipinski definition) is 13. The minimum atomic E-state index is -1.86. The van der Waals surface area contributed by atoms with Crippen LogP contribution in [0.1, 0.15) is 77.0 Å². The summed E-state index contributed by atoms with van der Waals surface area (Å²) >= 11 is 0. The zero-order valence-corrected chi connectivity index (χ0v) is 30.1. The topological polar surface area (TPSA) is 424 Å². The monoisotopic (exact) mass is 805 g/mol. The van der Waals surface area contributed by atoms with Gasteiger partial charge in [-0.2, -0.15) is 0 Å². The highest BCUT2D eigenvalue weighted by Gasteiger charge is 2.34. The van der Waals surface area contributed by atoms with Gasteiger partial charge >= 0.3 is 35.8 Å². The predicted molar refractivity (Wildman–Crippen MR) is 183 cm³/mol. The lowest BCUT2D eigenvalue weighted by Gasteiger charge is -2.27. The van der Waals surface area contributed by atoms with E-state index in [9.17, 15) is 72.9 Å². The van der Waals surface area contributed by atoms with Gasteiger partial charge in [-0.05, 0) is 38.5 Å². The molecule has 0 aliphatic carbocycles. The number of likely N-dealkylation sites (N-methyl/N-ethyl adjacent to an activating group) is 1. The Bertz CT molecular complexity index is 1490. The van der Waals surface area contributed by atoms with Crippen LogP contribution in [-0.2, 0) is 57.5 Å². The van der Waals surface area contributed by atoms with E-state index in [1.165, 1.54) is 7.05 Å². The van der Waals surface area contributed by atoms with Crippen molar-refractivity contribution >= 4 is 71.3 Å². The Balaban J connectivity index is 6.45.